The zero-order valence-electron chi connectivity index (χ0n) is 11.7. The van der Waals surface area contributed by atoms with Gasteiger partial charge in [-0.25, -0.2) is 5.06 Å². The highest BCUT2D eigenvalue weighted by molar-refractivity contribution is 5.63. The Hall–Kier alpha value is -1.88. The fourth-order valence-electron chi connectivity index (χ4n) is 1.98. The van der Waals surface area contributed by atoms with Crippen molar-refractivity contribution in [1.29, 1.82) is 0 Å². The molecule has 4 nitrogen and oxygen atoms in total. The highest BCUT2D eigenvalue weighted by atomic mass is 16.7. The van der Waals surface area contributed by atoms with E-state index in [2.05, 4.69) is 0 Å². The molecular weight excluding hydrogens is 252 g/mol. The van der Waals surface area contributed by atoms with Gasteiger partial charge in [-0.05, 0) is 18.2 Å². The number of ether oxygens (including phenoxy) is 1. The van der Waals surface area contributed by atoms with Gasteiger partial charge in [-0.1, -0.05) is 36.4 Å². The van der Waals surface area contributed by atoms with Gasteiger partial charge in [0, 0.05) is 19.2 Å². The molecule has 0 amide bonds. The molecule has 0 aliphatic rings. The third-order valence-corrected chi connectivity index (χ3v) is 2.84. The standard InChI is InChI=1S/C16H20N2O2/c1-19-13-14-7-5-6-10-16(14)18(20-12-11-17)15-8-3-2-4-9-15/h2-10H,11-13,17H2,1H3. The van der Waals surface area contributed by atoms with Crippen LogP contribution in [0.3, 0.4) is 0 Å². The van der Waals surface area contributed by atoms with Crippen LogP contribution in [0.5, 0.6) is 0 Å². The molecule has 0 aliphatic heterocycles. The molecule has 0 saturated heterocycles. The van der Waals surface area contributed by atoms with E-state index in [4.69, 9.17) is 15.3 Å². The maximum absolute atomic E-state index is 5.80. The van der Waals surface area contributed by atoms with Crippen LogP contribution in [0.1, 0.15) is 5.56 Å². The molecule has 0 saturated carbocycles. The minimum Gasteiger partial charge on any atom is -0.380 e. The van der Waals surface area contributed by atoms with E-state index in [0.29, 0.717) is 19.8 Å². The predicted octanol–water partition coefficient (Wildman–Crippen LogP) is 2.86. The summed E-state index contributed by atoms with van der Waals surface area (Å²) in [5.41, 5.74) is 8.55. The molecule has 2 rings (SSSR count). The van der Waals surface area contributed by atoms with E-state index >= 15 is 0 Å². The van der Waals surface area contributed by atoms with E-state index < -0.39 is 0 Å². The number of hydrogen-bond acceptors (Lipinski definition) is 4. The average Bonchev–Trinajstić information content (AvgIpc) is 2.50. The fourth-order valence-corrected chi connectivity index (χ4v) is 1.98. The Bertz CT molecular complexity index is 517. The van der Waals surface area contributed by atoms with Crippen LogP contribution in [-0.4, -0.2) is 20.3 Å². The number of nitrogens with zero attached hydrogens (tertiary/aromatic N) is 1. The van der Waals surface area contributed by atoms with Gasteiger partial charge in [-0.3, -0.25) is 4.84 Å². The molecule has 2 N–H and O–H groups in total. The molecular formula is C16H20N2O2. The van der Waals surface area contributed by atoms with Crippen LogP contribution in [0.25, 0.3) is 0 Å². The van der Waals surface area contributed by atoms with Gasteiger partial charge in [-0.15, -0.1) is 0 Å². The number of methoxy groups -OCH3 is 1. The monoisotopic (exact) mass is 272 g/mol. The summed E-state index contributed by atoms with van der Waals surface area (Å²) >= 11 is 0. The summed E-state index contributed by atoms with van der Waals surface area (Å²) in [6.45, 7) is 1.46. The smallest absolute Gasteiger partial charge is 0.0875 e. The Labute approximate surface area is 119 Å². The van der Waals surface area contributed by atoms with Gasteiger partial charge in [0.05, 0.1) is 24.6 Å². The van der Waals surface area contributed by atoms with Gasteiger partial charge in [0.15, 0.2) is 0 Å². The third-order valence-electron chi connectivity index (χ3n) is 2.84. The number of nitrogens with two attached hydrogens (primary N) is 1. The Morgan fingerprint density at radius 3 is 2.40 bits per heavy atom. The van der Waals surface area contributed by atoms with E-state index in [-0.39, 0.29) is 0 Å². The lowest BCUT2D eigenvalue weighted by molar-refractivity contribution is 0.140. The lowest BCUT2D eigenvalue weighted by Crippen LogP contribution is -2.23. The Morgan fingerprint density at radius 1 is 1.00 bits per heavy atom. The normalized spacial score (nSPS) is 10.5. The number of hydrogen-bond donors (Lipinski definition) is 1. The summed E-state index contributed by atoms with van der Waals surface area (Å²) in [4.78, 5) is 5.80. The Kier molecular flexibility index (Phi) is 5.55. The summed E-state index contributed by atoms with van der Waals surface area (Å²) in [5, 5.41) is 1.81. The first kappa shape index (κ1) is 14.5. The molecule has 0 atom stereocenters. The second-order valence-corrected chi connectivity index (χ2v) is 4.31. The molecule has 0 bridgehead atoms. The molecule has 106 valence electrons. The van der Waals surface area contributed by atoms with Crippen molar-refractivity contribution in [2.75, 3.05) is 25.3 Å². The Balaban J connectivity index is 2.36. The van der Waals surface area contributed by atoms with Gasteiger partial charge in [0.25, 0.3) is 0 Å². The zero-order valence-corrected chi connectivity index (χ0v) is 11.7. The Morgan fingerprint density at radius 2 is 1.70 bits per heavy atom. The molecule has 0 aromatic heterocycles. The van der Waals surface area contributed by atoms with Gasteiger partial charge in [-0.2, -0.15) is 0 Å². The van der Waals surface area contributed by atoms with Crippen LogP contribution in [0.2, 0.25) is 0 Å². The van der Waals surface area contributed by atoms with Crippen molar-refractivity contribution in [3.63, 3.8) is 0 Å². The molecule has 0 aliphatic carbocycles. The maximum Gasteiger partial charge on any atom is 0.0875 e. The third kappa shape index (κ3) is 3.57. The molecule has 0 heterocycles. The highest BCUT2D eigenvalue weighted by Crippen LogP contribution is 2.29. The van der Waals surface area contributed by atoms with Crippen molar-refractivity contribution in [1.82, 2.24) is 0 Å². The van der Waals surface area contributed by atoms with Crippen LogP contribution >= 0.6 is 0 Å². The molecule has 2 aromatic rings. The largest absolute Gasteiger partial charge is 0.380 e. The van der Waals surface area contributed by atoms with Crippen molar-refractivity contribution >= 4 is 11.4 Å². The van der Waals surface area contributed by atoms with Gasteiger partial charge in [0.1, 0.15) is 0 Å². The number of rotatable bonds is 7. The first-order valence-electron chi connectivity index (χ1n) is 6.62. The quantitative estimate of drug-likeness (QED) is 0.787. The second kappa shape index (κ2) is 7.65. The summed E-state index contributed by atoms with van der Waals surface area (Å²) < 4.78 is 5.25. The number of para-hydroxylation sites is 2. The fraction of sp³-hybridized carbons (Fsp3) is 0.250. The predicted molar refractivity (Wildman–Crippen MR) is 80.7 cm³/mol. The lowest BCUT2D eigenvalue weighted by Gasteiger charge is -2.26. The van der Waals surface area contributed by atoms with Crippen molar-refractivity contribution in [3.05, 3.63) is 60.2 Å². The van der Waals surface area contributed by atoms with E-state index in [9.17, 15) is 0 Å². The summed E-state index contributed by atoms with van der Waals surface area (Å²) in [5.74, 6) is 0. The van der Waals surface area contributed by atoms with Gasteiger partial charge < -0.3 is 10.5 Å². The van der Waals surface area contributed by atoms with E-state index in [0.717, 1.165) is 16.9 Å². The summed E-state index contributed by atoms with van der Waals surface area (Å²) in [6, 6.07) is 17.9. The molecule has 0 unspecified atom stereocenters. The second-order valence-electron chi connectivity index (χ2n) is 4.31. The maximum atomic E-state index is 5.80. The number of benzene rings is 2. The average molecular weight is 272 g/mol. The van der Waals surface area contributed by atoms with Crippen molar-refractivity contribution in [2.24, 2.45) is 5.73 Å². The molecule has 20 heavy (non-hydrogen) atoms. The highest BCUT2D eigenvalue weighted by Gasteiger charge is 2.13. The summed E-state index contributed by atoms with van der Waals surface area (Å²) in [6.07, 6.45) is 0. The molecule has 0 spiro atoms. The first-order chi connectivity index (χ1) is 9.86. The van der Waals surface area contributed by atoms with E-state index in [1.165, 1.54) is 0 Å². The van der Waals surface area contributed by atoms with Gasteiger partial charge in [0.2, 0.25) is 0 Å². The van der Waals surface area contributed by atoms with Crippen molar-refractivity contribution in [3.8, 4) is 0 Å². The number of anilines is 2. The van der Waals surface area contributed by atoms with Crippen LogP contribution in [0.15, 0.2) is 54.6 Å². The van der Waals surface area contributed by atoms with E-state index in [1.54, 1.807) is 12.2 Å². The van der Waals surface area contributed by atoms with Gasteiger partial charge >= 0.3 is 0 Å². The molecule has 2 aromatic carbocycles. The molecule has 0 radical (unpaired) electrons. The first-order valence-corrected chi connectivity index (χ1v) is 6.62. The zero-order chi connectivity index (χ0) is 14.2. The molecule has 0 fully saturated rings. The SMILES string of the molecule is COCc1ccccc1N(OCCN)c1ccccc1. The van der Waals surface area contributed by atoms with Crippen LogP contribution in [0.4, 0.5) is 11.4 Å². The van der Waals surface area contributed by atoms with E-state index in [1.807, 2.05) is 54.6 Å². The van der Waals surface area contributed by atoms with Crippen molar-refractivity contribution < 1.29 is 9.57 Å². The summed E-state index contributed by atoms with van der Waals surface area (Å²) in [7, 11) is 1.68. The van der Waals surface area contributed by atoms with Crippen LogP contribution in [0, 0.1) is 0 Å². The van der Waals surface area contributed by atoms with Crippen LogP contribution in [-0.2, 0) is 16.2 Å². The minimum atomic E-state index is 0.455. The molecule has 4 heteroatoms. The topological polar surface area (TPSA) is 47.7 Å². The lowest BCUT2D eigenvalue weighted by atomic mass is 10.1. The van der Waals surface area contributed by atoms with Crippen molar-refractivity contribution in [2.45, 2.75) is 6.61 Å². The minimum absolute atomic E-state index is 0.455. The van der Waals surface area contributed by atoms with Crippen LogP contribution < -0.4 is 10.8 Å².